The maximum absolute atomic E-state index is 11.6. The van der Waals surface area contributed by atoms with Gasteiger partial charge in [-0.1, -0.05) is 26.3 Å². The van der Waals surface area contributed by atoms with E-state index < -0.39 is 6.04 Å². The van der Waals surface area contributed by atoms with Crippen molar-refractivity contribution >= 4 is 18.4 Å². The molecule has 0 aliphatic carbocycles. The van der Waals surface area contributed by atoms with Gasteiger partial charge in [-0.25, -0.2) is 0 Å². The fraction of sp³-hybridized carbons (Fsp3) is 0.786. The zero-order valence-electron chi connectivity index (χ0n) is 11.9. The highest BCUT2D eigenvalue weighted by Gasteiger charge is 2.25. The number of carbonyl (C=O) groups is 1. The molecule has 3 atom stereocenters. The van der Waals surface area contributed by atoms with Gasteiger partial charge in [0.25, 0.3) is 0 Å². The van der Waals surface area contributed by atoms with E-state index in [2.05, 4.69) is 20.4 Å². The Kier molecular flexibility index (Phi) is 12.7. The highest BCUT2D eigenvalue weighted by Crippen LogP contribution is 2.22. The van der Waals surface area contributed by atoms with Gasteiger partial charge in [-0.15, -0.1) is 19.0 Å². The molecule has 0 amide bonds. The second kappa shape index (κ2) is 11.5. The minimum atomic E-state index is -0.480. The van der Waals surface area contributed by atoms with E-state index in [1.165, 1.54) is 0 Å². The van der Waals surface area contributed by atoms with Crippen molar-refractivity contribution in [3.8, 4) is 0 Å². The van der Waals surface area contributed by atoms with E-state index in [0.717, 1.165) is 25.7 Å². The highest BCUT2D eigenvalue weighted by atomic mass is 35.5. The van der Waals surface area contributed by atoms with Gasteiger partial charge in [0.1, 0.15) is 6.04 Å². The Labute approximate surface area is 118 Å². The van der Waals surface area contributed by atoms with E-state index in [9.17, 15) is 4.79 Å². The second-order valence-electron chi connectivity index (χ2n) is 4.65. The number of carbonyl (C=O) groups excluding carboxylic acids is 1. The summed E-state index contributed by atoms with van der Waals surface area (Å²) in [7, 11) is 0. The molecule has 0 fully saturated rings. The van der Waals surface area contributed by atoms with E-state index in [4.69, 9.17) is 10.5 Å². The molecular formula is C14H28ClNO2. The summed E-state index contributed by atoms with van der Waals surface area (Å²) in [5.41, 5.74) is 5.94. The molecule has 2 N–H and O–H groups in total. The lowest BCUT2D eigenvalue weighted by Gasteiger charge is -2.24. The number of hydrogen-bond donors (Lipinski definition) is 1. The van der Waals surface area contributed by atoms with Crippen LogP contribution in [0.15, 0.2) is 12.7 Å². The molecule has 18 heavy (non-hydrogen) atoms. The van der Waals surface area contributed by atoms with Gasteiger partial charge in [-0.05, 0) is 38.0 Å². The summed E-state index contributed by atoms with van der Waals surface area (Å²) < 4.78 is 4.97. The lowest BCUT2D eigenvalue weighted by atomic mass is 9.86. The lowest BCUT2D eigenvalue weighted by molar-refractivity contribution is -0.146. The average Bonchev–Trinajstić information content (AvgIpc) is 2.32. The van der Waals surface area contributed by atoms with E-state index in [0.29, 0.717) is 12.5 Å². The van der Waals surface area contributed by atoms with Crippen molar-refractivity contribution in [1.82, 2.24) is 0 Å². The third-order valence-corrected chi connectivity index (χ3v) is 3.16. The van der Waals surface area contributed by atoms with Crippen molar-refractivity contribution in [3.63, 3.8) is 0 Å². The number of rotatable bonds is 9. The minimum Gasteiger partial charge on any atom is -0.465 e. The van der Waals surface area contributed by atoms with Crippen LogP contribution in [0.25, 0.3) is 0 Å². The van der Waals surface area contributed by atoms with Gasteiger partial charge in [0.05, 0.1) is 6.61 Å². The minimum absolute atomic E-state index is 0. The normalized spacial score (nSPS) is 15.1. The molecule has 2 unspecified atom stereocenters. The topological polar surface area (TPSA) is 52.3 Å². The van der Waals surface area contributed by atoms with Crippen molar-refractivity contribution in [1.29, 1.82) is 0 Å². The second-order valence-corrected chi connectivity index (χ2v) is 4.65. The van der Waals surface area contributed by atoms with Crippen molar-refractivity contribution < 1.29 is 9.53 Å². The van der Waals surface area contributed by atoms with Crippen LogP contribution in [0.1, 0.15) is 46.5 Å². The monoisotopic (exact) mass is 277 g/mol. The summed E-state index contributed by atoms with van der Waals surface area (Å²) in [4.78, 5) is 11.6. The SMILES string of the molecule is C=CCCC(C)C[C@@H](CC)C(N)C(=O)OCC.Cl. The molecule has 0 aromatic rings. The van der Waals surface area contributed by atoms with Gasteiger partial charge in [-0.2, -0.15) is 0 Å². The van der Waals surface area contributed by atoms with Crippen LogP contribution in [0.2, 0.25) is 0 Å². The standard InChI is InChI=1S/C14H27NO2.ClH/c1-5-8-9-11(4)10-12(6-2)13(15)14(16)17-7-3;/h5,11-13H,1,6-10,15H2,2-4H3;1H/t11?,12-,13?;/m1./s1. The fourth-order valence-electron chi connectivity index (χ4n) is 2.04. The summed E-state index contributed by atoms with van der Waals surface area (Å²) in [6.45, 7) is 10.2. The van der Waals surface area contributed by atoms with Gasteiger partial charge in [0, 0.05) is 0 Å². The van der Waals surface area contributed by atoms with Crippen LogP contribution in [0, 0.1) is 11.8 Å². The van der Waals surface area contributed by atoms with Gasteiger partial charge in [0.2, 0.25) is 0 Å². The van der Waals surface area contributed by atoms with Crippen LogP contribution >= 0.6 is 12.4 Å². The molecule has 0 aliphatic rings. The Morgan fingerprint density at radius 3 is 2.50 bits per heavy atom. The summed E-state index contributed by atoms with van der Waals surface area (Å²) >= 11 is 0. The van der Waals surface area contributed by atoms with E-state index in [1.807, 2.05) is 6.08 Å². The summed E-state index contributed by atoms with van der Waals surface area (Å²) in [5.74, 6) is 0.516. The first-order chi connectivity index (χ1) is 8.06. The van der Waals surface area contributed by atoms with Crippen LogP contribution in [0.5, 0.6) is 0 Å². The summed E-state index contributed by atoms with van der Waals surface area (Å²) in [5, 5.41) is 0. The van der Waals surface area contributed by atoms with Crippen LogP contribution in [0.3, 0.4) is 0 Å². The number of esters is 1. The number of halogens is 1. The molecule has 0 rings (SSSR count). The Hall–Kier alpha value is -0.540. The van der Waals surface area contributed by atoms with Crippen LogP contribution in [0.4, 0.5) is 0 Å². The molecule has 0 saturated carbocycles. The highest BCUT2D eigenvalue weighted by molar-refractivity contribution is 5.85. The summed E-state index contributed by atoms with van der Waals surface area (Å²) in [6, 6.07) is -0.480. The third kappa shape index (κ3) is 7.72. The molecule has 0 bridgehead atoms. The fourth-order valence-corrected chi connectivity index (χ4v) is 2.04. The number of allylic oxidation sites excluding steroid dienone is 1. The van der Waals surface area contributed by atoms with E-state index in [1.54, 1.807) is 6.92 Å². The number of hydrogen-bond acceptors (Lipinski definition) is 3. The van der Waals surface area contributed by atoms with Crippen LogP contribution in [-0.2, 0) is 9.53 Å². The Morgan fingerprint density at radius 2 is 2.06 bits per heavy atom. The quantitative estimate of drug-likeness (QED) is 0.520. The summed E-state index contributed by atoms with van der Waals surface area (Å²) in [6.07, 6.45) is 5.95. The zero-order chi connectivity index (χ0) is 13.3. The Morgan fingerprint density at radius 1 is 1.44 bits per heavy atom. The number of nitrogens with two attached hydrogens (primary N) is 1. The Bertz CT molecular complexity index is 234. The van der Waals surface area contributed by atoms with Crippen molar-refractivity contribution in [2.75, 3.05) is 6.61 Å². The Balaban J connectivity index is 0. The zero-order valence-corrected chi connectivity index (χ0v) is 12.7. The maximum Gasteiger partial charge on any atom is 0.323 e. The molecule has 0 aromatic heterocycles. The molecule has 4 heteroatoms. The smallest absolute Gasteiger partial charge is 0.323 e. The lowest BCUT2D eigenvalue weighted by Crippen LogP contribution is -2.40. The molecule has 0 heterocycles. The van der Waals surface area contributed by atoms with Gasteiger partial charge < -0.3 is 10.5 Å². The molecule has 0 radical (unpaired) electrons. The predicted molar refractivity (Wildman–Crippen MR) is 78.8 cm³/mol. The van der Waals surface area contributed by atoms with Gasteiger partial charge >= 0.3 is 5.97 Å². The predicted octanol–water partition coefficient (Wildman–Crippen LogP) is 3.32. The van der Waals surface area contributed by atoms with Crippen LogP contribution < -0.4 is 5.73 Å². The maximum atomic E-state index is 11.6. The first-order valence-corrected chi connectivity index (χ1v) is 6.59. The first-order valence-electron chi connectivity index (χ1n) is 6.59. The van der Waals surface area contributed by atoms with E-state index in [-0.39, 0.29) is 24.3 Å². The number of ether oxygens (including phenoxy) is 1. The first kappa shape index (κ1) is 19.8. The molecule has 0 aromatic carbocycles. The van der Waals surface area contributed by atoms with Crippen molar-refractivity contribution in [2.45, 2.75) is 52.5 Å². The molecular weight excluding hydrogens is 250 g/mol. The molecule has 0 spiro atoms. The molecule has 0 aliphatic heterocycles. The van der Waals surface area contributed by atoms with E-state index >= 15 is 0 Å². The van der Waals surface area contributed by atoms with Crippen LogP contribution in [-0.4, -0.2) is 18.6 Å². The average molecular weight is 278 g/mol. The molecule has 0 saturated heterocycles. The van der Waals surface area contributed by atoms with Crippen molar-refractivity contribution in [2.24, 2.45) is 17.6 Å². The largest absolute Gasteiger partial charge is 0.465 e. The van der Waals surface area contributed by atoms with Gasteiger partial charge in [-0.3, -0.25) is 4.79 Å². The van der Waals surface area contributed by atoms with Gasteiger partial charge in [0.15, 0.2) is 0 Å². The molecule has 3 nitrogen and oxygen atoms in total. The third-order valence-electron chi connectivity index (χ3n) is 3.16. The van der Waals surface area contributed by atoms with Crippen molar-refractivity contribution in [3.05, 3.63) is 12.7 Å². The molecule has 108 valence electrons.